The van der Waals surface area contributed by atoms with E-state index in [1.807, 2.05) is 26.0 Å². The van der Waals surface area contributed by atoms with Crippen LogP contribution in [0.4, 0.5) is 0 Å². The Morgan fingerprint density at radius 1 is 1.39 bits per heavy atom. The molecule has 1 aromatic rings. The third-order valence-corrected chi connectivity index (χ3v) is 3.96. The van der Waals surface area contributed by atoms with Gasteiger partial charge in [0.2, 0.25) is 0 Å². The Balaban J connectivity index is 2.01. The largest absolute Gasteiger partial charge is 0.491 e. The lowest BCUT2D eigenvalue weighted by Gasteiger charge is -2.32. The van der Waals surface area contributed by atoms with E-state index < -0.39 is 5.60 Å². The van der Waals surface area contributed by atoms with Crippen LogP contribution in [0.5, 0.6) is 5.75 Å². The molecule has 1 aliphatic rings. The van der Waals surface area contributed by atoms with Gasteiger partial charge in [-0.2, -0.15) is 0 Å². The van der Waals surface area contributed by atoms with Gasteiger partial charge in [-0.25, -0.2) is 0 Å². The molecule has 1 heterocycles. The number of hydrogen-bond donors (Lipinski definition) is 2. The van der Waals surface area contributed by atoms with Crippen LogP contribution in [0.1, 0.15) is 24.0 Å². The number of hydrogen-bond acceptors (Lipinski definition) is 3. The molecule has 0 bridgehead atoms. The summed E-state index contributed by atoms with van der Waals surface area (Å²) < 4.78 is 5.72. The number of benzene rings is 1. The van der Waals surface area contributed by atoms with E-state index in [1.54, 1.807) is 0 Å². The van der Waals surface area contributed by atoms with Crippen molar-refractivity contribution in [3.63, 3.8) is 0 Å². The molecule has 1 aliphatic heterocycles. The molecule has 1 saturated heterocycles. The van der Waals surface area contributed by atoms with Crippen LogP contribution in [0, 0.1) is 13.8 Å². The van der Waals surface area contributed by atoms with Crippen LogP contribution < -0.4 is 10.1 Å². The molecule has 1 aromatic carbocycles. The van der Waals surface area contributed by atoms with Gasteiger partial charge in [-0.1, -0.05) is 11.6 Å². The second kappa shape index (κ2) is 5.47. The van der Waals surface area contributed by atoms with E-state index in [2.05, 4.69) is 5.32 Å². The lowest BCUT2D eigenvalue weighted by Crippen LogP contribution is -2.49. The van der Waals surface area contributed by atoms with E-state index in [-0.39, 0.29) is 0 Å². The molecule has 0 spiro atoms. The second-order valence-electron chi connectivity index (χ2n) is 5.16. The van der Waals surface area contributed by atoms with E-state index in [0.29, 0.717) is 13.2 Å². The highest BCUT2D eigenvalue weighted by Gasteiger charge is 2.30. The van der Waals surface area contributed by atoms with Gasteiger partial charge in [-0.15, -0.1) is 0 Å². The summed E-state index contributed by atoms with van der Waals surface area (Å²) in [5.74, 6) is 0.772. The zero-order chi connectivity index (χ0) is 13.2. The molecule has 4 heteroatoms. The molecule has 0 radical (unpaired) electrons. The van der Waals surface area contributed by atoms with Gasteiger partial charge in [-0.3, -0.25) is 0 Å². The van der Waals surface area contributed by atoms with Gasteiger partial charge in [0.25, 0.3) is 0 Å². The summed E-state index contributed by atoms with van der Waals surface area (Å²) in [7, 11) is 0. The number of aryl methyl sites for hydroxylation is 2. The molecular formula is C14H20ClNO2. The Morgan fingerprint density at radius 2 is 2.06 bits per heavy atom. The number of piperidine rings is 1. The average Bonchev–Trinajstić information content (AvgIpc) is 2.34. The Bertz CT molecular complexity index is 405. The SMILES string of the molecule is Cc1cc(OCC2(O)CCCNC2)cc(C)c1Cl. The molecular weight excluding hydrogens is 250 g/mol. The number of nitrogens with one attached hydrogen (secondary N) is 1. The van der Waals surface area contributed by atoms with Crippen molar-refractivity contribution >= 4 is 11.6 Å². The van der Waals surface area contributed by atoms with Crippen LogP contribution in [0.25, 0.3) is 0 Å². The molecule has 1 fully saturated rings. The van der Waals surface area contributed by atoms with Crippen molar-refractivity contribution in [3.05, 3.63) is 28.3 Å². The number of β-amino-alcohol motifs (C(OH)–C–C–N with tert-alkyl or cyclic N) is 1. The maximum absolute atomic E-state index is 10.3. The van der Waals surface area contributed by atoms with E-state index in [1.165, 1.54) is 0 Å². The zero-order valence-corrected chi connectivity index (χ0v) is 11.7. The van der Waals surface area contributed by atoms with Gasteiger partial charge in [-0.05, 0) is 56.5 Å². The minimum Gasteiger partial charge on any atom is -0.491 e. The summed E-state index contributed by atoms with van der Waals surface area (Å²) in [4.78, 5) is 0. The number of aliphatic hydroxyl groups is 1. The van der Waals surface area contributed by atoms with Crippen molar-refractivity contribution in [3.8, 4) is 5.75 Å². The van der Waals surface area contributed by atoms with Crippen molar-refractivity contribution in [2.45, 2.75) is 32.3 Å². The predicted molar refractivity (Wildman–Crippen MR) is 73.5 cm³/mol. The van der Waals surface area contributed by atoms with Gasteiger partial charge in [0.05, 0.1) is 0 Å². The molecule has 0 aliphatic carbocycles. The van der Waals surface area contributed by atoms with Gasteiger partial charge in [0.15, 0.2) is 0 Å². The summed E-state index contributed by atoms with van der Waals surface area (Å²) >= 11 is 6.11. The van der Waals surface area contributed by atoms with Crippen LogP contribution in [-0.4, -0.2) is 30.4 Å². The van der Waals surface area contributed by atoms with Gasteiger partial charge in [0, 0.05) is 11.6 Å². The van der Waals surface area contributed by atoms with Gasteiger partial charge >= 0.3 is 0 Å². The van der Waals surface area contributed by atoms with Crippen LogP contribution in [-0.2, 0) is 0 Å². The molecule has 0 aromatic heterocycles. The zero-order valence-electron chi connectivity index (χ0n) is 10.9. The van der Waals surface area contributed by atoms with Crippen LogP contribution in [0.2, 0.25) is 5.02 Å². The summed E-state index contributed by atoms with van der Waals surface area (Å²) in [5.41, 5.74) is 1.25. The smallest absolute Gasteiger partial charge is 0.120 e. The maximum atomic E-state index is 10.3. The first-order valence-corrected chi connectivity index (χ1v) is 6.71. The fourth-order valence-electron chi connectivity index (χ4n) is 2.28. The van der Waals surface area contributed by atoms with Crippen molar-refractivity contribution in [2.24, 2.45) is 0 Å². The predicted octanol–water partition coefficient (Wildman–Crippen LogP) is 2.45. The third kappa shape index (κ3) is 3.16. The van der Waals surface area contributed by atoms with Crippen molar-refractivity contribution in [1.82, 2.24) is 5.32 Å². The third-order valence-electron chi connectivity index (χ3n) is 3.37. The van der Waals surface area contributed by atoms with E-state index in [0.717, 1.165) is 41.3 Å². The van der Waals surface area contributed by atoms with E-state index in [9.17, 15) is 5.11 Å². The number of ether oxygens (including phenoxy) is 1. The standard InChI is InChI=1S/C14H20ClNO2/c1-10-6-12(7-11(2)13(10)15)18-9-14(17)4-3-5-16-8-14/h6-7,16-17H,3-5,8-9H2,1-2H3. The van der Waals surface area contributed by atoms with Crippen molar-refractivity contribution < 1.29 is 9.84 Å². The van der Waals surface area contributed by atoms with Crippen LogP contribution in [0.3, 0.4) is 0 Å². The highest BCUT2D eigenvalue weighted by Crippen LogP contribution is 2.27. The minimum atomic E-state index is -0.750. The summed E-state index contributed by atoms with van der Waals surface area (Å²) in [6.07, 6.45) is 1.77. The lowest BCUT2D eigenvalue weighted by molar-refractivity contribution is -0.0230. The first-order chi connectivity index (χ1) is 8.50. The molecule has 100 valence electrons. The van der Waals surface area contributed by atoms with E-state index in [4.69, 9.17) is 16.3 Å². The quantitative estimate of drug-likeness (QED) is 0.886. The maximum Gasteiger partial charge on any atom is 0.120 e. The Morgan fingerprint density at radius 3 is 2.61 bits per heavy atom. The molecule has 2 N–H and O–H groups in total. The second-order valence-corrected chi connectivity index (χ2v) is 5.54. The van der Waals surface area contributed by atoms with Crippen LogP contribution >= 0.6 is 11.6 Å². The molecule has 1 atom stereocenters. The van der Waals surface area contributed by atoms with Gasteiger partial charge < -0.3 is 15.2 Å². The summed E-state index contributed by atoms with van der Waals surface area (Å²) in [6, 6.07) is 3.82. The topological polar surface area (TPSA) is 41.5 Å². The Labute approximate surface area is 113 Å². The summed E-state index contributed by atoms with van der Waals surface area (Å²) in [6.45, 7) is 5.80. The van der Waals surface area contributed by atoms with Crippen LogP contribution in [0.15, 0.2) is 12.1 Å². The molecule has 0 amide bonds. The molecule has 1 unspecified atom stereocenters. The van der Waals surface area contributed by atoms with E-state index >= 15 is 0 Å². The first kappa shape index (κ1) is 13.7. The van der Waals surface area contributed by atoms with Crippen molar-refractivity contribution in [2.75, 3.05) is 19.7 Å². The lowest BCUT2D eigenvalue weighted by atomic mass is 9.95. The molecule has 0 saturated carbocycles. The fourth-order valence-corrected chi connectivity index (χ4v) is 2.39. The normalized spacial score (nSPS) is 24.0. The Kier molecular flexibility index (Phi) is 4.15. The average molecular weight is 270 g/mol. The molecule has 3 nitrogen and oxygen atoms in total. The number of rotatable bonds is 3. The first-order valence-electron chi connectivity index (χ1n) is 6.33. The molecule has 18 heavy (non-hydrogen) atoms. The highest BCUT2D eigenvalue weighted by molar-refractivity contribution is 6.32. The monoisotopic (exact) mass is 269 g/mol. The Hall–Kier alpha value is -0.770. The summed E-state index contributed by atoms with van der Waals surface area (Å²) in [5, 5.41) is 14.3. The minimum absolute atomic E-state index is 0.320. The fraction of sp³-hybridized carbons (Fsp3) is 0.571. The van der Waals surface area contributed by atoms with Gasteiger partial charge in [0.1, 0.15) is 18.0 Å². The number of halogens is 1. The van der Waals surface area contributed by atoms with Crippen molar-refractivity contribution in [1.29, 1.82) is 0 Å². The highest BCUT2D eigenvalue weighted by atomic mass is 35.5. The molecule has 2 rings (SSSR count).